The molecule has 2 rings (SSSR count). The topological polar surface area (TPSA) is 63.4 Å². The van der Waals surface area contributed by atoms with Gasteiger partial charge in [-0.15, -0.1) is 11.3 Å². The number of hydrogen-bond donors (Lipinski definition) is 1. The van der Waals surface area contributed by atoms with E-state index >= 15 is 0 Å². The van der Waals surface area contributed by atoms with Gasteiger partial charge in [0.15, 0.2) is 0 Å². The average molecular weight is 395 g/mol. The van der Waals surface area contributed by atoms with Crippen molar-refractivity contribution >= 4 is 37.3 Å². The molecule has 1 aliphatic rings. The summed E-state index contributed by atoms with van der Waals surface area (Å²) in [5.41, 5.74) is 5.61. The summed E-state index contributed by atoms with van der Waals surface area (Å²) in [6.45, 7) is 3.82. The smallest absolute Gasteiger partial charge is 0.245 e. The molecule has 0 saturated carbocycles. The lowest BCUT2D eigenvalue weighted by Crippen LogP contribution is -2.32. The Morgan fingerprint density at radius 1 is 1.43 bits per heavy atom. The van der Waals surface area contributed by atoms with Crippen LogP contribution in [0.2, 0.25) is 0 Å². The zero-order valence-electron chi connectivity index (χ0n) is 12.3. The summed E-state index contributed by atoms with van der Waals surface area (Å²) in [6, 6.07) is 1.71. The van der Waals surface area contributed by atoms with Crippen molar-refractivity contribution in [2.75, 3.05) is 13.1 Å². The van der Waals surface area contributed by atoms with Crippen LogP contribution < -0.4 is 5.73 Å². The minimum Gasteiger partial charge on any atom is -0.326 e. The molecule has 2 N–H and O–H groups in total. The SMILES string of the molecule is CCCC1CCCN(S(=O)(=O)c2cc(CN)sc2Br)CC1. The summed E-state index contributed by atoms with van der Waals surface area (Å²) in [7, 11) is -3.40. The Morgan fingerprint density at radius 2 is 2.19 bits per heavy atom. The first kappa shape index (κ1) is 17.4. The number of nitrogens with zero attached hydrogens (tertiary/aromatic N) is 1. The van der Waals surface area contributed by atoms with Crippen molar-refractivity contribution in [3.8, 4) is 0 Å². The van der Waals surface area contributed by atoms with Crippen LogP contribution in [0.15, 0.2) is 14.7 Å². The lowest BCUT2D eigenvalue weighted by molar-refractivity contribution is 0.400. The predicted molar refractivity (Wildman–Crippen MR) is 90.9 cm³/mol. The highest BCUT2D eigenvalue weighted by atomic mass is 79.9. The minimum absolute atomic E-state index is 0.372. The maximum atomic E-state index is 12.8. The van der Waals surface area contributed by atoms with Crippen molar-refractivity contribution < 1.29 is 8.42 Å². The number of rotatable bonds is 5. The van der Waals surface area contributed by atoms with Gasteiger partial charge in [-0.2, -0.15) is 4.31 Å². The van der Waals surface area contributed by atoms with Gasteiger partial charge in [-0.25, -0.2) is 8.42 Å². The quantitative estimate of drug-likeness (QED) is 0.829. The molecule has 2 heterocycles. The predicted octanol–water partition coefficient (Wildman–Crippen LogP) is 3.56. The number of sulfonamides is 1. The van der Waals surface area contributed by atoms with Gasteiger partial charge in [-0.3, -0.25) is 0 Å². The largest absolute Gasteiger partial charge is 0.326 e. The van der Waals surface area contributed by atoms with Crippen LogP contribution in [-0.2, 0) is 16.6 Å². The van der Waals surface area contributed by atoms with Crippen LogP contribution in [0.3, 0.4) is 0 Å². The van der Waals surface area contributed by atoms with Gasteiger partial charge >= 0.3 is 0 Å². The van der Waals surface area contributed by atoms with Gasteiger partial charge in [-0.05, 0) is 47.2 Å². The Hall–Kier alpha value is 0.0500. The van der Waals surface area contributed by atoms with Gasteiger partial charge in [-0.1, -0.05) is 19.8 Å². The molecule has 7 heteroatoms. The third-order valence-corrected chi connectivity index (χ3v) is 8.20. The number of hydrogen-bond acceptors (Lipinski definition) is 4. The normalized spacial score (nSPS) is 21.4. The summed E-state index contributed by atoms with van der Waals surface area (Å²) in [5.74, 6) is 0.667. The zero-order valence-corrected chi connectivity index (χ0v) is 15.6. The van der Waals surface area contributed by atoms with Gasteiger partial charge in [0.2, 0.25) is 10.0 Å². The van der Waals surface area contributed by atoms with Crippen LogP contribution in [0, 0.1) is 5.92 Å². The van der Waals surface area contributed by atoms with E-state index in [2.05, 4.69) is 22.9 Å². The highest BCUT2D eigenvalue weighted by Gasteiger charge is 2.30. The first-order valence-electron chi connectivity index (χ1n) is 7.47. The van der Waals surface area contributed by atoms with Crippen LogP contribution in [0.5, 0.6) is 0 Å². The second-order valence-electron chi connectivity index (χ2n) is 5.54. The molecule has 4 nitrogen and oxygen atoms in total. The molecule has 1 atom stereocenters. The maximum Gasteiger partial charge on any atom is 0.245 e. The number of nitrogens with two attached hydrogens (primary N) is 1. The molecule has 0 aromatic carbocycles. The third-order valence-electron chi connectivity index (χ3n) is 4.03. The molecule has 1 fully saturated rings. The third kappa shape index (κ3) is 4.07. The summed E-state index contributed by atoms with van der Waals surface area (Å²) in [4.78, 5) is 1.26. The fraction of sp³-hybridized carbons (Fsp3) is 0.714. The van der Waals surface area contributed by atoms with E-state index in [0.29, 0.717) is 34.2 Å². The van der Waals surface area contributed by atoms with E-state index in [1.54, 1.807) is 10.4 Å². The van der Waals surface area contributed by atoms with E-state index in [-0.39, 0.29) is 0 Å². The second-order valence-corrected chi connectivity index (χ2v) is 9.91. The van der Waals surface area contributed by atoms with Crippen LogP contribution in [-0.4, -0.2) is 25.8 Å². The van der Waals surface area contributed by atoms with Gasteiger partial charge in [0.1, 0.15) is 4.90 Å². The van der Waals surface area contributed by atoms with Crippen molar-refractivity contribution in [3.63, 3.8) is 0 Å². The molecule has 21 heavy (non-hydrogen) atoms. The lowest BCUT2D eigenvalue weighted by atomic mass is 9.96. The first-order chi connectivity index (χ1) is 9.98. The van der Waals surface area contributed by atoms with E-state index in [0.717, 1.165) is 24.1 Å². The molecule has 0 spiro atoms. The van der Waals surface area contributed by atoms with E-state index in [1.165, 1.54) is 24.2 Å². The summed E-state index contributed by atoms with van der Waals surface area (Å²) >= 11 is 4.78. The Morgan fingerprint density at radius 3 is 2.81 bits per heavy atom. The first-order valence-corrected chi connectivity index (χ1v) is 10.5. The minimum atomic E-state index is -3.40. The number of thiophene rings is 1. The molecule has 1 saturated heterocycles. The highest BCUT2D eigenvalue weighted by Crippen LogP contribution is 2.34. The second kappa shape index (κ2) is 7.55. The summed E-state index contributed by atoms with van der Waals surface area (Å²) < 4.78 is 27.9. The molecule has 1 aromatic rings. The van der Waals surface area contributed by atoms with E-state index in [1.807, 2.05) is 0 Å². The van der Waals surface area contributed by atoms with Gasteiger partial charge in [0.05, 0.1) is 3.79 Å². The van der Waals surface area contributed by atoms with Crippen LogP contribution in [0.1, 0.15) is 43.9 Å². The molecule has 0 bridgehead atoms. The van der Waals surface area contributed by atoms with Crippen molar-refractivity contribution in [2.24, 2.45) is 11.7 Å². The molecule has 0 amide bonds. The van der Waals surface area contributed by atoms with Crippen molar-refractivity contribution in [1.29, 1.82) is 0 Å². The van der Waals surface area contributed by atoms with Crippen LogP contribution in [0.25, 0.3) is 0 Å². The summed E-state index contributed by atoms with van der Waals surface area (Å²) in [6.07, 6.45) is 5.44. The molecule has 1 unspecified atom stereocenters. The average Bonchev–Trinajstić information content (AvgIpc) is 2.68. The molecule has 120 valence electrons. The van der Waals surface area contributed by atoms with Gasteiger partial charge in [0.25, 0.3) is 0 Å². The summed E-state index contributed by atoms with van der Waals surface area (Å²) in [5, 5.41) is 0. The molecule has 1 aromatic heterocycles. The fourth-order valence-corrected chi connectivity index (χ4v) is 6.89. The van der Waals surface area contributed by atoms with E-state index < -0.39 is 10.0 Å². The molecular formula is C14H23BrN2O2S2. The Balaban J connectivity index is 2.17. The van der Waals surface area contributed by atoms with Crippen molar-refractivity contribution in [2.45, 2.75) is 50.5 Å². The fourth-order valence-electron chi connectivity index (χ4n) is 2.89. The zero-order chi connectivity index (χ0) is 15.5. The Kier molecular flexibility index (Phi) is 6.25. The molecular weight excluding hydrogens is 372 g/mol. The van der Waals surface area contributed by atoms with E-state index in [4.69, 9.17) is 5.73 Å². The van der Waals surface area contributed by atoms with Crippen LogP contribution in [0.4, 0.5) is 0 Å². The Bertz CT molecular complexity index is 572. The van der Waals surface area contributed by atoms with Crippen molar-refractivity contribution in [3.05, 3.63) is 14.7 Å². The maximum absolute atomic E-state index is 12.8. The number of halogens is 1. The van der Waals surface area contributed by atoms with Gasteiger partial charge < -0.3 is 5.73 Å². The van der Waals surface area contributed by atoms with E-state index in [9.17, 15) is 8.42 Å². The Labute approximate surface area is 139 Å². The molecule has 0 radical (unpaired) electrons. The van der Waals surface area contributed by atoms with Crippen LogP contribution >= 0.6 is 27.3 Å². The standard InChI is InChI=1S/C14H23BrN2O2S2/c1-2-4-11-5-3-7-17(8-6-11)21(18,19)13-9-12(10-16)20-14(13)15/h9,11H,2-8,10,16H2,1H3. The lowest BCUT2D eigenvalue weighted by Gasteiger charge is -2.20. The van der Waals surface area contributed by atoms with Crippen molar-refractivity contribution in [1.82, 2.24) is 4.31 Å². The monoisotopic (exact) mass is 394 g/mol. The highest BCUT2D eigenvalue weighted by molar-refractivity contribution is 9.11. The van der Waals surface area contributed by atoms with Gasteiger partial charge in [0, 0.05) is 24.5 Å². The molecule has 1 aliphatic heterocycles. The molecule has 0 aliphatic carbocycles.